The molecule has 1 unspecified atom stereocenters. The van der Waals surface area contributed by atoms with Crippen molar-refractivity contribution in [1.82, 2.24) is 4.90 Å². The molecular formula is C15H27ClN2S. The SMILES string of the molecule is CC(C)(C)c1ccc(CN2CCCC(CN)C2)s1.Cl. The summed E-state index contributed by atoms with van der Waals surface area (Å²) in [7, 11) is 0. The molecule has 1 saturated heterocycles. The van der Waals surface area contributed by atoms with Crippen LogP contribution in [0.4, 0.5) is 0 Å². The van der Waals surface area contributed by atoms with Crippen LogP contribution in [0.15, 0.2) is 12.1 Å². The van der Waals surface area contributed by atoms with Gasteiger partial charge in [0.15, 0.2) is 0 Å². The number of halogens is 1. The third-order valence-electron chi connectivity index (χ3n) is 3.72. The normalized spacial score (nSPS) is 21.2. The number of piperidine rings is 1. The number of nitrogens with two attached hydrogens (primary N) is 1. The second kappa shape index (κ2) is 7.07. The number of hydrogen-bond donors (Lipinski definition) is 1. The van der Waals surface area contributed by atoms with Gasteiger partial charge in [-0.15, -0.1) is 23.7 Å². The molecule has 0 saturated carbocycles. The molecule has 1 fully saturated rings. The molecule has 2 heterocycles. The van der Waals surface area contributed by atoms with Gasteiger partial charge >= 0.3 is 0 Å². The van der Waals surface area contributed by atoms with Gasteiger partial charge in [-0.25, -0.2) is 0 Å². The monoisotopic (exact) mass is 302 g/mol. The predicted octanol–water partition coefficient (Wildman–Crippen LogP) is 3.64. The van der Waals surface area contributed by atoms with E-state index in [1.54, 1.807) is 0 Å². The molecule has 0 radical (unpaired) electrons. The first kappa shape index (κ1) is 17.0. The molecular weight excluding hydrogens is 276 g/mol. The average Bonchev–Trinajstić information content (AvgIpc) is 2.77. The van der Waals surface area contributed by atoms with Gasteiger partial charge in [0.05, 0.1) is 0 Å². The number of nitrogens with zero attached hydrogens (tertiary/aromatic N) is 1. The summed E-state index contributed by atoms with van der Waals surface area (Å²) in [5.74, 6) is 0.709. The molecule has 1 aromatic heterocycles. The fraction of sp³-hybridized carbons (Fsp3) is 0.733. The Morgan fingerprint density at radius 2 is 2.11 bits per heavy atom. The van der Waals surface area contributed by atoms with Crippen molar-refractivity contribution < 1.29 is 0 Å². The first-order valence-corrected chi connectivity index (χ1v) is 7.82. The molecule has 1 aliphatic heterocycles. The van der Waals surface area contributed by atoms with Gasteiger partial charge in [0.25, 0.3) is 0 Å². The Bertz CT molecular complexity index is 384. The van der Waals surface area contributed by atoms with Crippen molar-refractivity contribution in [3.63, 3.8) is 0 Å². The lowest BCUT2D eigenvalue weighted by atomic mass is 9.95. The lowest BCUT2D eigenvalue weighted by Crippen LogP contribution is -2.37. The lowest BCUT2D eigenvalue weighted by molar-refractivity contribution is 0.172. The Labute approximate surface area is 127 Å². The smallest absolute Gasteiger partial charge is 0.0328 e. The first-order chi connectivity index (χ1) is 8.49. The Hall–Kier alpha value is -0.0900. The summed E-state index contributed by atoms with van der Waals surface area (Å²) >= 11 is 1.97. The molecule has 0 aromatic carbocycles. The summed E-state index contributed by atoms with van der Waals surface area (Å²) in [6, 6.07) is 4.60. The van der Waals surface area contributed by atoms with Gasteiger partial charge < -0.3 is 5.73 Å². The zero-order valence-electron chi connectivity index (χ0n) is 12.3. The highest BCUT2D eigenvalue weighted by atomic mass is 35.5. The molecule has 0 amide bonds. The van der Waals surface area contributed by atoms with Gasteiger partial charge in [0.2, 0.25) is 0 Å². The van der Waals surface area contributed by atoms with E-state index < -0.39 is 0 Å². The maximum Gasteiger partial charge on any atom is 0.0328 e. The highest BCUT2D eigenvalue weighted by Crippen LogP contribution is 2.30. The number of likely N-dealkylation sites (tertiary alicyclic amines) is 1. The van der Waals surface area contributed by atoms with Crippen molar-refractivity contribution in [2.75, 3.05) is 19.6 Å². The Morgan fingerprint density at radius 1 is 1.37 bits per heavy atom. The molecule has 19 heavy (non-hydrogen) atoms. The van der Waals surface area contributed by atoms with E-state index in [9.17, 15) is 0 Å². The summed E-state index contributed by atoms with van der Waals surface area (Å²) < 4.78 is 0. The quantitative estimate of drug-likeness (QED) is 0.923. The first-order valence-electron chi connectivity index (χ1n) is 7.00. The zero-order chi connectivity index (χ0) is 13.2. The van der Waals surface area contributed by atoms with Gasteiger partial charge in [0, 0.05) is 22.8 Å². The van der Waals surface area contributed by atoms with E-state index in [0.717, 1.165) is 13.1 Å². The van der Waals surface area contributed by atoms with E-state index in [1.807, 2.05) is 11.3 Å². The molecule has 4 heteroatoms. The van der Waals surface area contributed by atoms with Crippen molar-refractivity contribution in [3.05, 3.63) is 21.9 Å². The van der Waals surface area contributed by atoms with Crippen molar-refractivity contribution >= 4 is 23.7 Å². The summed E-state index contributed by atoms with van der Waals surface area (Å²) in [4.78, 5) is 5.56. The van der Waals surface area contributed by atoms with E-state index in [4.69, 9.17) is 5.73 Å². The van der Waals surface area contributed by atoms with Crippen LogP contribution in [0.5, 0.6) is 0 Å². The van der Waals surface area contributed by atoms with Crippen LogP contribution in [-0.4, -0.2) is 24.5 Å². The summed E-state index contributed by atoms with van der Waals surface area (Å²) in [6.07, 6.45) is 2.62. The largest absolute Gasteiger partial charge is 0.330 e. The maximum absolute atomic E-state index is 5.80. The fourth-order valence-electron chi connectivity index (χ4n) is 2.57. The molecule has 1 atom stereocenters. The number of hydrogen-bond acceptors (Lipinski definition) is 3. The topological polar surface area (TPSA) is 29.3 Å². The molecule has 1 aliphatic rings. The molecule has 0 spiro atoms. The minimum absolute atomic E-state index is 0. The number of thiophene rings is 1. The second-order valence-electron chi connectivity index (χ2n) is 6.50. The van der Waals surface area contributed by atoms with Gasteiger partial charge in [-0.3, -0.25) is 4.90 Å². The van der Waals surface area contributed by atoms with Gasteiger partial charge in [0.1, 0.15) is 0 Å². The van der Waals surface area contributed by atoms with E-state index in [1.165, 1.54) is 35.7 Å². The van der Waals surface area contributed by atoms with Gasteiger partial charge in [-0.2, -0.15) is 0 Å². The molecule has 0 bridgehead atoms. The van der Waals surface area contributed by atoms with E-state index in [-0.39, 0.29) is 17.8 Å². The highest BCUT2D eigenvalue weighted by Gasteiger charge is 2.20. The van der Waals surface area contributed by atoms with Crippen molar-refractivity contribution in [2.45, 2.75) is 45.6 Å². The average molecular weight is 303 g/mol. The molecule has 110 valence electrons. The summed E-state index contributed by atoms with van der Waals surface area (Å²) in [6.45, 7) is 11.2. The van der Waals surface area contributed by atoms with Crippen LogP contribution in [0, 0.1) is 5.92 Å². The molecule has 2 N–H and O–H groups in total. The van der Waals surface area contributed by atoms with Crippen LogP contribution in [0.2, 0.25) is 0 Å². The van der Waals surface area contributed by atoms with Crippen molar-refractivity contribution in [3.8, 4) is 0 Å². The van der Waals surface area contributed by atoms with Crippen LogP contribution < -0.4 is 5.73 Å². The lowest BCUT2D eigenvalue weighted by Gasteiger charge is -2.31. The van der Waals surface area contributed by atoms with Gasteiger partial charge in [-0.05, 0) is 49.4 Å². The minimum Gasteiger partial charge on any atom is -0.330 e. The van der Waals surface area contributed by atoms with Crippen LogP contribution in [0.25, 0.3) is 0 Å². The summed E-state index contributed by atoms with van der Waals surface area (Å²) in [5.41, 5.74) is 6.08. The second-order valence-corrected chi connectivity index (χ2v) is 7.66. The zero-order valence-corrected chi connectivity index (χ0v) is 13.9. The van der Waals surface area contributed by atoms with Crippen molar-refractivity contribution in [1.29, 1.82) is 0 Å². The standard InChI is InChI=1S/C15H26N2S.ClH/c1-15(2,3)14-7-6-13(18-14)11-17-8-4-5-12(9-16)10-17;/h6-7,12H,4-5,8-11,16H2,1-3H3;1H. The minimum atomic E-state index is 0. The molecule has 2 nitrogen and oxygen atoms in total. The van der Waals surface area contributed by atoms with E-state index in [0.29, 0.717) is 5.92 Å². The van der Waals surface area contributed by atoms with E-state index >= 15 is 0 Å². The third kappa shape index (κ3) is 4.75. The third-order valence-corrected chi connectivity index (χ3v) is 5.21. The Kier molecular flexibility index (Phi) is 6.31. The predicted molar refractivity (Wildman–Crippen MR) is 87.3 cm³/mol. The number of rotatable bonds is 3. The molecule has 2 rings (SSSR count). The van der Waals surface area contributed by atoms with Crippen LogP contribution in [-0.2, 0) is 12.0 Å². The molecule has 1 aromatic rings. The van der Waals surface area contributed by atoms with Crippen LogP contribution in [0.1, 0.15) is 43.4 Å². The maximum atomic E-state index is 5.80. The van der Waals surface area contributed by atoms with Crippen LogP contribution in [0.3, 0.4) is 0 Å². The fourth-order valence-corrected chi connectivity index (χ4v) is 3.68. The Balaban J connectivity index is 0.00000180. The van der Waals surface area contributed by atoms with Crippen molar-refractivity contribution in [2.24, 2.45) is 11.7 Å². The van der Waals surface area contributed by atoms with Gasteiger partial charge in [-0.1, -0.05) is 20.8 Å². The van der Waals surface area contributed by atoms with Crippen LogP contribution >= 0.6 is 23.7 Å². The van der Waals surface area contributed by atoms with E-state index in [2.05, 4.69) is 37.8 Å². The molecule has 0 aliphatic carbocycles. The Morgan fingerprint density at radius 3 is 2.68 bits per heavy atom. The highest BCUT2D eigenvalue weighted by molar-refractivity contribution is 7.12. The summed E-state index contributed by atoms with van der Waals surface area (Å²) in [5, 5.41) is 0.